The van der Waals surface area contributed by atoms with E-state index in [2.05, 4.69) is 4.98 Å². The summed E-state index contributed by atoms with van der Waals surface area (Å²) in [6.07, 6.45) is 5.04. The van der Waals surface area contributed by atoms with E-state index in [0.29, 0.717) is 51.0 Å². The highest BCUT2D eigenvalue weighted by atomic mass is 16.3. The summed E-state index contributed by atoms with van der Waals surface area (Å²) in [5.74, 6) is 0.0416. The quantitative estimate of drug-likeness (QED) is 0.824. The summed E-state index contributed by atoms with van der Waals surface area (Å²) in [6.45, 7) is 3.90. The summed E-state index contributed by atoms with van der Waals surface area (Å²) < 4.78 is 0. The van der Waals surface area contributed by atoms with Crippen LogP contribution in [0.3, 0.4) is 0 Å². The summed E-state index contributed by atoms with van der Waals surface area (Å²) in [5.41, 5.74) is 2.63. The molecule has 3 heterocycles. The molecule has 0 unspecified atom stereocenters. The van der Waals surface area contributed by atoms with Gasteiger partial charge >= 0.3 is 0 Å². The Morgan fingerprint density at radius 3 is 2.59 bits per heavy atom. The molecule has 6 nitrogen and oxygen atoms in total. The Balaban J connectivity index is 1.82. The molecular weight excluding hydrogens is 282 g/mol. The number of likely N-dealkylation sites (tertiary alicyclic amines) is 1. The molecular formula is C16H21N3O3. The van der Waals surface area contributed by atoms with E-state index in [9.17, 15) is 14.7 Å². The zero-order valence-corrected chi connectivity index (χ0v) is 12.8. The van der Waals surface area contributed by atoms with E-state index < -0.39 is 0 Å². The van der Waals surface area contributed by atoms with E-state index in [1.54, 1.807) is 29.1 Å². The molecule has 0 spiro atoms. The molecule has 0 atom stereocenters. The molecule has 1 saturated heterocycles. The van der Waals surface area contributed by atoms with Crippen LogP contribution >= 0.6 is 0 Å². The Labute approximate surface area is 129 Å². The third kappa shape index (κ3) is 2.83. The Morgan fingerprint density at radius 2 is 1.91 bits per heavy atom. The smallest absolute Gasteiger partial charge is 0.255 e. The number of rotatable bonds is 1. The molecule has 2 aliphatic heterocycles. The predicted molar refractivity (Wildman–Crippen MR) is 80.2 cm³/mol. The second-order valence-corrected chi connectivity index (χ2v) is 6.04. The second kappa shape index (κ2) is 6.04. The minimum Gasteiger partial charge on any atom is -0.393 e. The van der Waals surface area contributed by atoms with Gasteiger partial charge in [0.15, 0.2) is 0 Å². The van der Waals surface area contributed by atoms with Crippen LogP contribution in [0.1, 0.15) is 41.3 Å². The number of carbonyl (C=O) groups is 2. The number of aromatic nitrogens is 1. The topological polar surface area (TPSA) is 73.7 Å². The Bertz CT molecular complexity index is 594. The second-order valence-electron chi connectivity index (χ2n) is 6.04. The number of carbonyl (C=O) groups excluding carboxylic acids is 2. The molecule has 1 N–H and O–H groups in total. The van der Waals surface area contributed by atoms with Crippen molar-refractivity contribution in [3.8, 4) is 0 Å². The first-order valence-corrected chi connectivity index (χ1v) is 7.75. The summed E-state index contributed by atoms with van der Waals surface area (Å²) in [5, 5.41) is 9.56. The van der Waals surface area contributed by atoms with E-state index in [1.165, 1.54) is 0 Å². The lowest BCUT2D eigenvalue weighted by molar-refractivity contribution is -0.129. The standard InChI is InChI=1S/C16H21N3O3/c1-11(20)19-7-4-14-12(10-19)8-17-9-15(14)16(22)18-5-2-13(21)3-6-18/h8-9,13,21H,2-7,10H2,1H3. The molecule has 0 bridgehead atoms. The van der Waals surface area contributed by atoms with Crippen molar-refractivity contribution in [1.82, 2.24) is 14.8 Å². The molecule has 2 amide bonds. The number of aliphatic hydroxyl groups is 1. The van der Waals surface area contributed by atoms with E-state index in [-0.39, 0.29) is 17.9 Å². The molecule has 1 fully saturated rings. The van der Waals surface area contributed by atoms with Gasteiger partial charge in [-0.1, -0.05) is 0 Å². The predicted octanol–water partition coefficient (Wildman–Crippen LogP) is 0.583. The van der Waals surface area contributed by atoms with Crippen LogP contribution in [0.5, 0.6) is 0 Å². The normalized spacial score (nSPS) is 19.0. The van der Waals surface area contributed by atoms with E-state index in [1.807, 2.05) is 0 Å². The maximum absolute atomic E-state index is 12.7. The molecule has 2 aliphatic rings. The molecule has 118 valence electrons. The van der Waals surface area contributed by atoms with Gasteiger partial charge in [0.05, 0.1) is 11.7 Å². The van der Waals surface area contributed by atoms with Gasteiger partial charge in [0.25, 0.3) is 5.91 Å². The maximum Gasteiger partial charge on any atom is 0.255 e. The average molecular weight is 303 g/mol. The van der Waals surface area contributed by atoms with Gasteiger partial charge in [0, 0.05) is 45.5 Å². The van der Waals surface area contributed by atoms with Gasteiger partial charge in [-0.2, -0.15) is 0 Å². The molecule has 22 heavy (non-hydrogen) atoms. The molecule has 0 radical (unpaired) electrons. The summed E-state index contributed by atoms with van der Waals surface area (Å²) in [4.78, 5) is 32.0. The van der Waals surface area contributed by atoms with Gasteiger partial charge in [-0.15, -0.1) is 0 Å². The van der Waals surface area contributed by atoms with Gasteiger partial charge in [-0.05, 0) is 30.4 Å². The van der Waals surface area contributed by atoms with Gasteiger partial charge in [-0.25, -0.2) is 0 Å². The van der Waals surface area contributed by atoms with Crippen LogP contribution in [0.4, 0.5) is 0 Å². The van der Waals surface area contributed by atoms with Crippen LogP contribution in [0.15, 0.2) is 12.4 Å². The average Bonchev–Trinajstić information content (AvgIpc) is 2.53. The van der Waals surface area contributed by atoms with E-state index in [4.69, 9.17) is 0 Å². The number of fused-ring (bicyclic) bond motifs is 1. The number of nitrogens with zero attached hydrogens (tertiary/aromatic N) is 3. The van der Waals surface area contributed by atoms with Gasteiger partial charge < -0.3 is 14.9 Å². The lowest BCUT2D eigenvalue weighted by Crippen LogP contribution is -2.41. The molecule has 0 aliphatic carbocycles. The lowest BCUT2D eigenvalue weighted by atomic mass is 9.95. The van der Waals surface area contributed by atoms with Crippen LogP contribution in [0, 0.1) is 0 Å². The van der Waals surface area contributed by atoms with Gasteiger partial charge in [0.1, 0.15) is 0 Å². The first-order valence-electron chi connectivity index (χ1n) is 7.75. The van der Waals surface area contributed by atoms with E-state index >= 15 is 0 Å². The molecule has 0 saturated carbocycles. The highest BCUT2D eigenvalue weighted by molar-refractivity contribution is 5.96. The van der Waals surface area contributed by atoms with Crippen molar-refractivity contribution >= 4 is 11.8 Å². The van der Waals surface area contributed by atoms with Crippen LogP contribution in [0.2, 0.25) is 0 Å². The number of pyridine rings is 1. The van der Waals surface area contributed by atoms with Crippen LogP contribution in [0.25, 0.3) is 0 Å². The first kappa shape index (κ1) is 15.0. The number of hydrogen-bond acceptors (Lipinski definition) is 4. The fourth-order valence-corrected chi connectivity index (χ4v) is 3.19. The fraction of sp³-hybridized carbons (Fsp3) is 0.562. The lowest BCUT2D eigenvalue weighted by Gasteiger charge is -2.32. The SMILES string of the molecule is CC(=O)N1CCc2c(cncc2C(=O)N2CCC(O)CC2)C1. The van der Waals surface area contributed by atoms with Crippen molar-refractivity contribution < 1.29 is 14.7 Å². The molecule has 0 aromatic carbocycles. The molecule has 1 aromatic heterocycles. The monoisotopic (exact) mass is 303 g/mol. The zero-order valence-electron chi connectivity index (χ0n) is 12.8. The van der Waals surface area contributed by atoms with Crippen LogP contribution in [-0.4, -0.2) is 57.4 Å². The Morgan fingerprint density at radius 1 is 1.18 bits per heavy atom. The zero-order chi connectivity index (χ0) is 15.7. The van der Waals surface area contributed by atoms with Crippen molar-refractivity contribution in [2.45, 2.75) is 38.8 Å². The number of amides is 2. The minimum absolute atomic E-state index is 0.00692. The van der Waals surface area contributed by atoms with Crippen molar-refractivity contribution in [1.29, 1.82) is 0 Å². The summed E-state index contributed by atoms with van der Waals surface area (Å²) in [6, 6.07) is 0. The third-order valence-electron chi connectivity index (χ3n) is 4.57. The highest BCUT2D eigenvalue weighted by Gasteiger charge is 2.27. The van der Waals surface area contributed by atoms with Crippen LogP contribution < -0.4 is 0 Å². The Hall–Kier alpha value is -1.95. The number of hydrogen-bond donors (Lipinski definition) is 1. The van der Waals surface area contributed by atoms with Crippen molar-refractivity contribution in [2.24, 2.45) is 0 Å². The molecule has 1 aromatic rings. The largest absolute Gasteiger partial charge is 0.393 e. The fourth-order valence-electron chi connectivity index (χ4n) is 3.19. The Kier molecular flexibility index (Phi) is 4.11. The van der Waals surface area contributed by atoms with Gasteiger partial charge in [-0.3, -0.25) is 14.6 Å². The van der Waals surface area contributed by atoms with Crippen molar-refractivity contribution in [2.75, 3.05) is 19.6 Å². The first-order chi connectivity index (χ1) is 10.6. The molecule has 6 heteroatoms. The summed E-state index contributed by atoms with van der Waals surface area (Å²) >= 11 is 0. The van der Waals surface area contributed by atoms with Gasteiger partial charge in [0.2, 0.25) is 5.91 Å². The summed E-state index contributed by atoms with van der Waals surface area (Å²) in [7, 11) is 0. The van der Waals surface area contributed by atoms with Crippen molar-refractivity contribution in [3.63, 3.8) is 0 Å². The maximum atomic E-state index is 12.7. The number of aliphatic hydroxyl groups excluding tert-OH is 1. The highest BCUT2D eigenvalue weighted by Crippen LogP contribution is 2.24. The van der Waals surface area contributed by atoms with Crippen molar-refractivity contribution in [3.05, 3.63) is 29.1 Å². The van der Waals surface area contributed by atoms with E-state index in [0.717, 1.165) is 11.1 Å². The third-order valence-corrected chi connectivity index (χ3v) is 4.57. The van der Waals surface area contributed by atoms with Crippen LogP contribution in [-0.2, 0) is 17.8 Å². The number of piperidine rings is 1. The molecule has 3 rings (SSSR count). The minimum atomic E-state index is -0.295.